The van der Waals surface area contributed by atoms with Crippen molar-refractivity contribution in [1.29, 1.82) is 0 Å². The van der Waals surface area contributed by atoms with Gasteiger partial charge < -0.3 is 4.57 Å². The fourth-order valence-corrected chi connectivity index (χ4v) is 3.52. The van der Waals surface area contributed by atoms with E-state index < -0.39 is 15.8 Å². The van der Waals surface area contributed by atoms with Crippen LogP contribution in [0.3, 0.4) is 0 Å². The number of nitrogens with one attached hydrogen (secondary N) is 1. The van der Waals surface area contributed by atoms with Gasteiger partial charge >= 0.3 is 0 Å². The molecule has 1 N–H and O–H groups in total. The topological polar surface area (TPSA) is 64.0 Å². The lowest BCUT2D eigenvalue weighted by molar-refractivity contribution is 0.580. The Morgan fingerprint density at radius 1 is 1.12 bits per heavy atom. The lowest BCUT2D eigenvalue weighted by Crippen LogP contribution is -2.23. The van der Waals surface area contributed by atoms with Crippen LogP contribution >= 0.6 is 0 Å². The molecule has 0 aliphatic rings. The fraction of sp³-hybridized carbons (Fsp3) is 0.167. The number of imidazole rings is 1. The molecule has 0 unspecified atom stereocenters. The molecule has 0 bridgehead atoms. The first kappa shape index (κ1) is 17.3. The molecule has 130 valence electrons. The van der Waals surface area contributed by atoms with E-state index in [0.29, 0.717) is 11.3 Å². The van der Waals surface area contributed by atoms with Crippen LogP contribution in [-0.2, 0) is 16.6 Å². The number of aryl methyl sites for hydroxylation is 2. The van der Waals surface area contributed by atoms with Gasteiger partial charge in [-0.05, 0) is 54.8 Å². The quantitative estimate of drug-likeness (QED) is 0.761. The van der Waals surface area contributed by atoms with Crippen molar-refractivity contribution in [2.75, 3.05) is 0 Å². The van der Waals surface area contributed by atoms with Gasteiger partial charge in [0.25, 0.3) is 0 Å². The third-order valence-corrected chi connectivity index (χ3v) is 5.45. The fourth-order valence-electron chi connectivity index (χ4n) is 2.41. The largest absolute Gasteiger partial charge is 0.303 e. The van der Waals surface area contributed by atoms with Crippen LogP contribution in [0.4, 0.5) is 4.39 Å². The van der Waals surface area contributed by atoms with Crippen molar-refractivity contribution in [1.82, 2.24) is 14.3 Å². The normalized spacial score (nSPS) is 11.6. The Bertz CT molecular complexity index is 999. The number of sulfonamides is 1. The summed E-state index contributed by atoms with van der Waals surface area (Å²) in [7, 11) is -3.65. The van der Waals surface area contributed by atoms with Crippen LogP contribution in [0.15, 0.2) is 60.0 Å². The highest BCUT2D eigenvalue weighted by atomic mass is 32.2. The van der Waals surface area contributed by atoms with Crippen LogP contribution in [0.2, 0.25) is 0 Å². The van der Waals surface area contributed by atoms with Gasteiger partial charge in [-0.1, -0.05) is 12.1 Å². The van der Waals surface area contributed by atoms with Crippen LogP contribution in [0.25, 0.3) is 5.69 Å². The van der Waals surface area contributed by atoms with Crippen molar-refractivity contribution < 1.29 is 12.8 Å². The van der Waals surface area contributed by atoms with E-state index in [1.807, 2.05) is 13.8 Å². The molecule has 0 aliphatic heterocycles. The molecule has 0 fully saturated rings. The maximum Gasteiger partial charge on any atom is 0.240 e. The average Bonchev–Trinajstić information content (AvgIpc) is 3.10. The highest BCUT2D eigenvalue weighted by Gasteiger charge is 2.15. The van der Waals surface area contributed by atoms with Crippen molar-refractivity contribution in [2.24, 2.45) is 0 Å². The van der Waals surface area contributed by atoms with Crippen LogP contribution in [0.5, 0.6) is 0 Å². The Hall–Kier alpha value is -2.51. The maximum absolute atomic E-state index is 14.2. The zero-order valence-electron chi connectivity index (χ0n) is 13.9. The SMILES string of the molecule is Cc1ccc(S(=O)(=O)NCc2ccc(-n3ccnc3)c(F)c2)cc1C. The second-order valence-electron chi connectivity index (χ2n) is 5.83. The average molecular weight is 359 g/mol. The monoisotopic (exact) mass is 359 g/mol. The van der Waals surface area contributed by atoms with Crippen molar-refractivity contribution in [3.8, 4) is 5.69 Å². The Morgan fingerprint density at radius 3 is 2.56 bits per heavy atom. The van der Waals surface area contributed by atoms with E-state index in [1.165, 1.54) is 12.4 Å². The summed E-state index contributed by atoms with van der Waals surface area (Å²) >= 11 is 0. The van der Waals surface area contributed by atoms with E-state index in [-0.39, 0.29) is 11.4 Å². The molecule has 0 atom stereocenters. The van der Waals surface area contributed by atoms with Gasteiger partial charge in [0.05, 0.1) is 16.9 Å². The van der Waals surface area contributed by atoms with E-state index in [4.69, 9.17) is 0 Å². The van der Waals surface area contributed by atoms with Gasteiger partial charge in [-0.2, -0.15) is 0 Å². The molecule has 0 radical (unpaired) electrons. The van der Waals surface area contributed by atoms with Crippen LogP contribution < -0.4 is 4.72 Å². The predicted molar refractivity (Wildman–Crippen MR) is 93.5 cm³/mol. The molecule has 5 nitrogen and oxygen atoms in total. The summed E-state index contributed by atoms with van der Waals surface area (Å²) in [5.41, 5.74) is 2.82. The van der Waals surface area contributed by atoms with Crippen molar-refractivity contribution in [3.63, 3.8) is 0 Å². The third kappa shape index (κ3) is 3.78. The lowest BCUT2D eigenvalue weighted by atomic mass is 10.1. The Labute approximate surface area is 146 Å². The molecule has 2 aromatic carbocycles. The summed E-state index contributed by atoms with van der Waals surface area (Å²) < 4.78 is 43.1. The maximum atomic E-state index is 14.2. The van der Waals surface area contributed by atoms with E-state index in [1.54, 1.807) is 47.3 Å². The molecule has 0 aliphatic carbocycles. The Balaban J connectivity index is 1.76. The number of hydrogen-bond acceptors (Lipinski definition) is 3. The van der Waals surface area contributed by atoms with Gasteiger partial charge in [0.2, 0.25) is 10.0 Å². The van der Waals surface area contributed by atoms with Crippen LogP contribution in [-0.4, -0.2) is 18.0 Å². The van der Waals surface area contributed by atoms with E-state index >= 15 is 0 Å². The number of rotatable bonds is 5. The molecule has 3 rings (SSSR count). The zero-order chi connectivity index (χ0) is 18.0. The molecule has 0 saturated heterocycles. The minimum Gasteiger partial charge on any atom is -0.303 e. The van der Waals surface area contributed by atoms with Crippen molar-refractivity contribution >= 4 is 10.0 Å². The number of hydrogen-bond donors (Lipinski definition) is 1. The molecule has 0 saturated carbocycles. The third-order valence-electron chi connectivity index (χ3n) is 4.05. The number of nitrogens with zero attached hydrogens (tertiary/aromatic N) is 2. The van der Waals surface area contributed by atoms with Gasteiger partial charge in [-0.25, -0.2) is 22.5 Å². The lowest BCUT2D eigenvalue weighted by Gasteiger charge is -2.10. The van der Waals surface area contributed by atoms with Gasteiger partial charge in [0.15, 0.2) is 0 Å². The van der Waals surface area contributed by atoms with E-state index in [0.717, 1.165) is 11.1 Å². The minimum atomic E-state index is -3.65. The smallest absolute Gasteiger partial charge is 0.240 e. The molecule has 0 amide bonds. The predicted octanol–water partition coefficient (Wildman–Crippen LogP) is 3.11. The summed E-state index contributed by atoms with van der Waals surface area (Å²) in [5.74, 6) is -0.444. The molecule has 7 heteroatoms. The Morgan fingerprint density at radius 2 is 1.92 bits per heavy atom. The summed E-state index contributed by atoms with van der Waals surface area (Å²) in [5, 5.41) is 0. The number of halogens is 1. The molecule has 3 aromatic rings. The second-order valence-corrected chi connectivity index (χ2v) is 7.59. The molecule has 0 spiro atoms. The summed E-state index contributed by atoms with van der Waals surface area (Å²) in [6.45, 7) is 3.79. The van der Waals surface area contributed by atoms with Gasteiger partial charge in [-0.15, -0.1) is 0 Å². The minimum absolute atomic E-state index is 0.0103. The Kier molecular flexibility index (Phi) is 4.69. The summed E-state index contributed by atoms with van der Waals surface area (Å²) in [6, 6.07) is 9.55. The highest BCUT2D eigenvalue weighted by Crippen LogP contribution is 2.17. The molecule has 1 aromatic heterocycles. The summed E-state index contributed by atoms with van der Waals surface area (Å²) in [4.78, 5) is 4.08. The van der Waals surface area contributed by atoms with Crippen molar-refractivity contribution in [2.45, 2.75) is 25.3 Å². The molecule has 25 heavy (non-hydrogen) atoms. The number of aromatic nitrogens is 2. The first-order valence-corrected chi connectivity index (χ1v) is 9.19. The van der Waals surface area contributed by atoms with Gasteiger partial charge in [-0.3, -0.25) is 0 Å². The zero-order valence-corrected chi connectivity index (χ0v) is 14.7. The highest BCUT2D eigenvalue weighted by molar-refractivity contribution is 7.89. The first-order valence-electron chi connectivity index (χ1n) is 7.70. The second kappa shape index (κ2) is 6.78. The first-order chi connectivity index (χ1) is 11.9. The molecule has 1 heterocycles. The van der Waals surface area contributed by atoms with E-state index in [9.17, 15) is 12.8 Å². The van der Waals surface area contributed by atoms with Crippen molar-refractivity contribution in [3.05, 3.63) is 77.6 Å². The molecular formula is C18H18FN3O2S. The van der Waals surface area contributed by atoms with Gasteiger partial charge in [0, 0.05) is 18.9 Å². The summed E-state index contributed by atoms with van der Waals surface area (Å²) in [6.07, 6.45) is 4.70. The molecular weight excluding hydrogens is 341 g/mol. The number of benzene rings is 2. The van der Waals surface area contributed by atoms with Crippen LogP contribution in [0, 0.1) is 19.7 Å². The van der Waals surface area contributed by atoms with E-state index in [2.05, 4.69) is 9.71 Å². The standard InChI is InChI=1S/C18H18FN3O2S/c1-13-3-5-16(9-14(13)2)25(23,24)21-11-15-4-6-18(17(19)10-15)22-8-7-20-12-22/h3-10,12,21H,11H2,1-2H3. The van der Waals surface area contributed by atoms with Gasteiger partial charge in [0.1, 0.15) is 5.82 Å². The van der Waals surface area contributed by atoms with Crippen LogP contribution in [0.1, 0.15) is 16.7 Å².